The smallest absolute Gasteiger partial charge is 0.263 e. The van der Waals surface area contributed by atoms with Crippen LogP contribution in [-0.2, 0) is 15.4 Å². The lowest BCUT2D eigenvalue weighted by atomic mass is 9.87. The van der Waals surface area contributed by atoms with Gasteiger partial charge in [-0.05, 0) is 40.8 Å². The summed E-state index contributed by atoms with van der Waals surface area (Å²) in [7, 11) is -2.29. The van der Waals surface area contributed by atoms with Crippen molar-refractivity contribution in [2.45, 2.75) is 31.1 Å². The summed E-state index contributed by atoms with van der Waals surface area (Å²) in [6, 6.07) is 13.8. The third-order valence-corrected chi connectivity index (χ3v) is 6.08. The van der Waals surface area contributed by atoms with Crippen LogP contribution in [0.15, 0.2) is 59.8 Å². The lowest BCUT2D eigenvalue weighted by Gasteiger charge is -2.19. The normalized spacial score (nSPS) is 11.9. The van der Waals surface area contributed by atoms with E-state index in [-0.39, 0.29) is 21.3 Å². The van der Waals surface area contributed by atoms with Gasteiger partial charge in [-0.3, -0.25) is 4.72 Å². The van der Waals surface area contributed by atoms with Crippen LogP contribution in [0.3, 0.4) is 0 Å². The van der Waals surface area contributed by atoms with Crippen molar-refractivity contribution in [3.05, 3.63) is 65.6 Å². The van der Waals surface area contributed by atoms with Gasteiger partial charge in [0.2, 0.25) is 0 Å². The van der Waals surface area contributed by atoms with Gasteiger partial charge < -0.3 is 4.74 Å². The quantitative estimate of drug-likeness (QED) is 0.581. The van der Waals surface area contributed by atoms with Crippen molar-refractivity contribution in [1.82, 2.24) is 9.97 Å². The minimum Gasteiger partial charge on any atom is -0.497 e. The van der Waals surface area contributed by atoms with Gasteiger partial charge in [0.05, 0.1) is 17.6 Å². The molecule has 0 amide bonds. The van der Waals surface area contributed by atoms with E-state index in [1.165, 1.54) is 6.33 Å². The number of nitrogens with one attached hydrogen (secondary N) is 1. The molecule has 3 aromatic rings. The summed E-state index contributed by atoms with van der Waals surface area (Å²) in [6.07, 6.45) is 1.22. The number of rotatable bonds is 5. The van der Waals surface area contributed by atoms with Crippen LogP contribution >= 0.6 is 11.6 Å². The Labute approximate surface area is 176 Å². The maximum absolute atomic E-state index is 12.9. The van der Waals surface area contributed by atoms with Crippen molar-refractivity contribution in [2.24, 2.45) is 0 Å². The number of hydrogen-bond acceptors (Lipinski definition) is 5. The first-order valence-corrected chi connectivity index (χ1v) is 10.8. The number of ether oxygens (including phenoxy) is 1. The van der Waals surface area contributed by atoms with E-state index in [4.69, 9.17) is 16.3 Å². The van der Waals surface area contributed by atoms with Gasteiger partial charge in [-0.1, -0.05) is 56.6 Å². The van der Waals surface area contributed by atoms with Crippen LogP contribution in [0, 0.1) is 0 Å². The zero-order valence-corrected chi connectivity index (χ0v) is 18.2. The molecule has 1 N–H and O–H groups in total. The van der Waals surface area contributed by atoms with Crippen LogP contribution in [0.4, 0.5) is 5.82 Å². The number of benzene rings is 2. The first-order valence-electron chi connectivity index (χ1n) is 8.90. The van der Waals surface area contributed by atoms with Crippen LogP contribution in [-0.4, -0.2) is 25.5 Å². The summed E-state index contributed by atoms with van der Waals surface area (Å²) in [5.41, 5.74) is 2.03. The van der Waals surface area contributed by atoms with E-state index in [1.54, 1.807) is 43.5 Å². The van der Waals surface area contributed by atoms with Crippen LogP contribution in [0.1, 0.15) is 26.3 Å². The maximum atomic E-state index is 12.9. The predicted molar refractivity (Wildman–Crippen MR) is 115 cm³/mol. The maximum Gasteiger partial charge on any atom is 0.263 e. The summed E-state index contributed by atoms with van der Waals surface area (Å²) in [5.74, 6) is 0.776. The molecule has 0 aliphatic heterocycles. The predicted octanol–water partition coefficient (Wildman–Crippen LogP) is 4.90. The minimum atomic E-state index is -3.86. The van der Waals surface area contributed by atoms with Crippen molar-refractivity contribution in [1.29, 1.82) is 0 Å². The van der Waals surface area contributed by atoms with Crippen molar-refractivity contribution >= 4 is 27.4 Å². The van der Waals surface area contributed by atoms with Crippen LogP contribution in [0.5, 0.6) is 5.75 Å². The number of nitrogens with zero attached hydrogens (tertiary/aromatic N) is 2. The molecule has 152 valence electrons. The van der Waals surface area contributed by atoms with Gasteiger partial charge in [0.15, 0.2) is 5.82 Å². The molecular formula is C21H22ClN3O3S. The first-order chi connectivity index (χ1) is 13.6. The third kappa shape index (κ3) is 4.68. The highest BCUT2D eigenvalue weighted by Gasteiger charge is 2.21. The van der Waals surface area contributed by atoms with Crippen LogP contribution in [0.25, 0.3) is 11.1 Å². The number of methoxy groups -OCH3 is 1. The van der Waals surface area contributed by atoms with Gasteiger partial charge in [-0.2, -0.15) is 0 Å². The fourth-order valence-corrected chi connectivity index (χ4v) is 4.04. The van der Waals surface area contributed by atoms with Gasteiger partial charge in [0, 0.05) is 0 Å². The van der Waals surface area contributed by atoms with E-state index in [9.17, 15) is 8.42 Å². The molecule has 29 heavy (non-hydrogen) atoms. The molecule has 0 saturated heterocycles. The van der Waals surface area contributed by atoms with E-state index in [0.717, 1.165) is 5.56 Å². The number of halogens is 1. The SMILES string of the molecule is COc1ccc(-c2c(Cl)ncnc2NS(=O)(=O)c2ccc(C(C)(C)C)cc2)cc1. The second-order valence-corrected chi connectivity index (χ2v) is 9.54. The molecule has 1 aromatic heterocycles. The summed E-state index contributed by atoms with van der Waals surface area (Å²) >= 11 is 6.27. The monoisotopic (exact) mass is 431 g/mol. The molecule has 0 spiro atoms. The Morgan fingerprint density at radius 2 is 1.59 bits per heavy atom. The highest BCUT2D eigenvalue weighted by Crippen LogP contribution is 2.34. The van der Waals surface area contributed by atoms with Gasteiger partial charge in [-0.15, -0.1) is 0 Å². The van der Waals surface area contributed by atoms with Gasteiger partial charge in [0.25, 0.3) is 10.0 Å². The van der Waals surface area contributed by atoms with Crippen LogP contribution in [0.2, 0.25) is 5.15 Å². The Bertz CT molecular complexity index is 1110. The molecule has 8 heteroatoms. The van der Waals surface area contributed by atoms with E-state index >= 15 is 0 Å². The summed E-state index contributed by atoms with van der Waals surface area (Å²) < 4.78 is 33.5. The van der Waals surface area contributed by atoms with Gasteiger partial charge in [-0.25, -0.2) is 18.4 Å². The zero-order chi connectivity index (χ0) is 21.2. The Morgan fingerprint density at radius 3 is 2.14 bits per heavy atom. The topological polar surface area (TPSA) is 81.2 Å². The second kappa shape index (κ2) is 8.00. The molecule has 0 radical (unpaired) electrons. The summed E-state index contributed by atoms with van der Waals surface area (Å²) in [4.78, 5) is 8.24. The van der Waals surface area contributed by atoms with Crippen LogP contribution < -0.4 is 9.46 Å². The standard InChI is InChI=1S/C21H22ClN3O3S/c1-21(2,3)15-7-11-17(12-8-15)29(26,27)25-20-18(19(22)23-13-24-20)14-5-9-16(28-4)10-6-14/h5-13H,1-4H3,(H,23,24,25). The second-order valence-electron chi connectivity index (χ2n) is 7.50. The van der Waals surface area contributed by atoms with Crippen molar-refractivity contribution < 1.29 is 13.2 Å². The Kier molecular flexibility index (Phi) is 5.82. The Hall–Kier alpha value is -2.64. The minimum absolute atomic E-state index is 0.0720. The van der Waals surface area contributed by atoms with E-state index in [0.29, 0.717) is 16.9 Å². The lowest BCUT2D eigenvalue weighted by molar-refractivity contribution is 0.415. The first kappa shape index (κ1) is 21.1. The molecule has 0 saturated carbocycles. The molecule has 2 aromatic carbocycles. The molecule has 3 rings (SSSR count). The summed E-state index contributed by atoms with van der Waals surface area (Å²) in [6.45, 7) is 6.20. The van der Waals surface area contributed by atoms with E-state index in [1.807, 2.05) is 12.1 Å². The fraction of sp³-hybridized carbons (Fsp3) is 0.238. The molecule has 0 unspecified atom stereocenters. The largest absolute Gasteiger partial charge is 0.497 e. The molecule has 6 nitrogen and oxygen atoms in total. The average molecular weight is 432 g/mol. The fourth-order valence-electron chi connectivity index (χ4n) is 2.78. The highest BCUT2D eigenvalue weighted by molar-refractivity contribution is 7.92. The third-order valence-electron chi connectivity index (χ3n) is 4.44. The molecular weight excluding hydrogens is 410 g/mol. The van der Waals surface area contributed by atoms with Crippen molar-refractivity contribution in [2.75, 3.05) is 11.8 Å². The molecule has 0 aliphatic carbocycles. The molecule has 0 fully saturated rings. The number of hydrogen-bond donors (Lipinski definition) is 1. The summed E-state index contributed by atoms with van der Waals surface area (Å²) in [5, 5.41) is 0.144. The van der Waals surface area contributed by atoms with E-state index < -0.39 is 10.0 Å². The van der Waals surface area contributed by atoms with Crippen molar-refractivity contribution in [3.63, 3.8) is 0 Å². The van der Waals surface area contributed by atoms with E-state index in [2.05, 4.69) is 35.5 Å². The van der Waals surface area contributed by atoms with Gasteiger partial charge >= 0.3 is 0 Å². The lowest BCUT2D eigenvalue weighted by Crippen LogP contribution is -2.16. The van der Waals surface area contributed by atoms with Crippen molar-refractivity contribution in [3.8, 4) is 16.9 Å². The Morgan fingerprint density at radius 1 is 0.966 bits per heavy atom. The average Bonchev–Trinajstić information content (AvgIpc) is 2.67. The van der Waals surface area contributed by atoms with Gasteiger partial charge in [0.1, 0.15) is 17.2 Å². The molecule has 1 heterocycles. The molecule has 0 aliphatic rings. The number of anilines is 1. The Balaban J connectivity index is 1.98. The highest BCUT2D eigenvalue weighted by atomic mass is 35.5. The number of aromatic nitrogens is 2. The number of sulfonamides is 1. The zero-order valence-electron chi connectivity index (χ0n) is 16.6. The molecule has 0 atom stereocenters. The molecule has 0 bridgehead atoms.